The van der Waals surface area contributed by atoms with Crippen molar-refractivity contribution >= 4 is 23.7 Å². The van der Waals surface area contributed by atoms with Crippen LogP contribution >= 0.6 is 0 Å². The summed E-state index contributed by atoms with van der Waals surface area (Å²) >= 11 is 0. The number of fused-ring (bicyclic) bond motifs is 1. The third kappa shape index (κ3) is 4.18. The van der Waals surface area contributed by atoms with Gasteiger partial charge in [-0.3, -0.25) is 0 Å². The molecule has 2 fully saturated rings. The molecule has 3 heterocycles. The molecule has 1 aliphatic carbocycles. The lowest BCUT2D eigenvalue weighted by Crippen LogP contribution is -2.44. The van der Waals surface area contributed by atoms with Crippen molar-refractivity contribution in [2.75, 3.05) is 30.0 Å². The molecule has 1 atom stereocenters. The summed E-state index contributed by atoms with van der Waals surface area (Å²) in [7, 11) is 0. The van der Waals surface area contributed by atoms with Crippen LogP contribution in [0.2, 0.25) is 0 Å². The van der Waals surface area contributed by atoms with Gasteiger partial charge in [0.15, 0.2) is 0 Å². The van der Waals surface area contributed by atoms with Gasteiger partial charge in [-0.25, -0.2) is 19.6 Å². The van der Waals surface area contributed by atoms with Crippen LogP contribution < -0.4 is 21.3 Å². The molecule has 168 valence electrons. The summed E-state index contributed by atoms with van der Waals surface area (Å²) in [5, 5.41) is 5.77. The molecular weight excluding hydrogens is 410 g/mol. The zero-order valence-corrected chi connectivity index (χ0v) is 18.0. The summed E-state index contributed by atoms with van der Waals surface area (Å²) in [6.45, 7) is 4.77. The van der Waals surface area contributed by atoms with Gasteiger partial charge >= 0.3 is 12.1 Å². The van der Waals surface area contributed by atoms with Crippen LogP contribution in [0.3, 0.4) is 0 Å². The highest BCUT2D eigenvalue weighted by Gasteiger charge is 2.30. The van der Waals surface area contributed by atoms with Crippen LogP contribution in [0, 0.1) is 0 Å². The van der Waals surface area contributed by atoms with Gasteiger partial charge in [0.2, 0.25) is 5.95 Å². The quantitative estimate of drug-likeness (QED) is 0.672. The van der Waals surface area contributed by atoms with Crippen molar-refractivity contribution in [1.29, 1.82) is 0 Å². The van der Waals surface area contributed by atoms with E-state index < -0.39 is 6.03 Å². The number of morpholine rings is 1. The molecule has 4 N–H and O–H groups in total. The van der Waals surface area contributed by atoms with Crippen molar-refractivity contribution in [3.8, 4) is 11.3 Å². The minimum absolute atomic E-state index is 0.153. The van der Waals surface area contributed by atoms with Crippen LogP contribution in [0.15, 0.2) is 24.3 Å². The summed E-state index contributed by atoms with van der Waals surface area (Å²) < 4.78 is 5.56. The Hall–Kier alpha value is -3.40. The monoisotopic (exact) mass is 437 g/mol. The number of rotatable bonds is 4. The number of carbonyl (C=O) groups is 2. The van der Waals surface area contributed by atoms with E-state index in [1.54, 1.807) is 4.90 Å². The highest BCUT2D eigenvalue weighted by molar-refractivity contribution is 5.90. The van der Waals surface area contributed by atoms with Crippen molar-refractivity contribution in [3.05, 3.63) is 35.5 Å². The number of ether oxygens (including phenoxy) is 1. The summed E-state index contributed by atoms with van der Waals surface area (Å²) in [4.78, 5) is 37.2. The minimum atomic E-state index is -0.475. The Morgan fingerprint density at radius 3 is 2.62 bits per heavy atom. The summed E-state index contributed by atoms with van der Waals surface area (Å²) in [6, 6.07) is 7.35. The third-order valence-corrected chi connectivity index (χ3v) is 6.04. The second-order valence-corrected chi connectivity index (χ2v) is 8.56. The zero-order chi connectivity index (χ0) is 22.2. The average Bonchev–Trinajstić information content (AvgIpc) is 3.47. The van der Waals surface area contributed by atoms with Crippen LogP contribution in [-0.2, 0) is 17.8 Å². The fraction of sp³-hybridized carbons (Fsp3) is 0.455. The number of carbonyl (C=O) groups excluding carboxylic acids is 2. The largest absolute Gasteiger partial charge is 0.377 e. The number of anilines is 2. The molecular formula is C22H27N7O3. The van der Waals surface area contributed by atoms with Gasteiger partial charge in [-0.2, -0.15) is 0 Å². The molecule has 0 unspecified atom stereocenters. The first kappa shape index (κ1) is 20.5. The molecule has 32 heavy (non-hydrogen) atoms. The van der Waals surface area contributed by atoms with Crippen molar-refractivity contribution in [2.45, 2.75) is 44.9 Å². The van der Waals surface area contributed by atoms with Crippen molar-refractivity contribution in [1.82, 2.24) is 20.2 Å². The molecule has 2 aromatic rings. The van der Waals surface area contributed by atoms with Gasteiger partial charge in [0, 0.05) is 29.4 Å². The second kappa shape index (κ2) is 8.27. The van der Waals surface area contributed by atoms with E-state index in [0.717, 1.165) is 35.4 Å². The predicted molar refractivity (Wildman–Crippen MR) is 119 cm³/mol. The Labute approximate surface area is 186 Å². The molecule has 3 aliphatic rings. The molecule has 4 amide bonds. The fourth-order valence-electron chi connectivity index (χ4n) is 4.08. The molecule has 0 bridgehead atoms. The van der Waals surface area contributed by atoms with Crippen molar-refractivity contribution < 1.29 is 14.3 Å². The van der Waals surface area contributed by atoms with E-state index in [-0.39, 0.29) is 12.1 Å². The molecule has 1 aromatic carbocycles. The number of hydrogen-bond acceptors (Lipinski definition) is 6. The van der Waals surface area contributed by atoms with Gasteiger partial charge in [-0.05, 0) is 31.9 Å². The van der Waals surface area contributed by atoms with Gasteiger partial charge < -0.3 is 30.9 Å². The van der Waals surface area contributed by atoms with Gasteiger partial charge in [0.25, 0.3) is 0 Å². The van der Waals surface area contributed by atoms with Crippen LogP contribution in [0.25, 0.3) is 11.3 Å². The van der Waals surface area contributed by atoms with Crippen molar-refractivity contribution in [2.24, 2.45) is 5.73 Å². The Morgan fingerprint density at radius 2 is 1.94 bits per heavy atom. The highest BCUT2D eigenvalue weighted by Crippen LogP contribution is 2.33. The number of hydrogen-bond donors (Lipinski definition) is 3. The first-order chi connectivity index (χ1) is 15.5. The predicted octanol–water partition coefficient (Wildman–Crippen LogP) is 2.05. The minimum Gasteiger partial charge on any atom is -0.377 e. The van der Waals surface area contributed by atoms with Crippen LogP contribution in [0.5, 0.6) is 0 Å². The Morgan fingerprint density at radius 1 is 1.16 bits per heavy atom. The summed E-state index contributed by atoms with van der Waals surface area (Å²) in [5.41, 5.74) is 9.64. The summed E-state index contributed by atoms with van der Waals surface area (Å²) in [5.74, 6) is 0.631. The topological polar surface area (TPSA) is 126 Å². The first-order valence-electron chi connectivity index (χ1n) is 10.9. The molecule has 5 rings (SSSR count). The Bertz CT molecular complexity index is 1040. The van der Waals surface area contributed by atoms with Crippen LogP contribution in [0.4, 0.5) is 21.2 Å². The molecule has 1 saturated heterocycles. The second-order valence-electron chi connectivity index (χ2n) is 8.56. The number of primary amides is 1. The Balaban J connectivity index is 1.45. The number of aromatic nitrogens is 2. The highest BCUT2D eigenvalue weighted by atomic mass is 16.5. The van der Waals surface area contributed by atoms with Crippen molar-refractivity contribution in [3.63, 3.8) is 0 Å². The van der Waals surface area contributed by atoms with Gasteiger partial charge in [-0.15, -0.1) is 0 Å². The number of nitrogens with zero attached hydrogens (tertiary/aromatic N) is 4. The molecule has 0 spiro atoms. The molecule has 0 radical (unpaired) electrons. The number of amides is 4. The van der Waals surface area contributed by atoms with E-state index in [1.165, 1.54) is 0 Å². The fourth-order valence-corrected chi connectivity index (χ4v) is 4.08. The number of benzene rings is 1. The normalized spacial score (nSPS) is 20.1. The maximum Gasteiger partial charge on any atom is 0.319 e. The molecule has 10 heteroatoms. The standard InChI is InChI=1S/C22H27N7O3/c1-13-12-32-9-8-29(13)21-26-18-11-28(20(23)30)10-17(18)19(27-21)14-2-4-15(5-3-14)24-22(31)25-16-6-7-16/h2-5,13,16H,6-12H2,1H3,(H2,23,30)(H2,24,25,31)/t13-/m0/s1. The molecule has 2 aliphatic heterocycles. The SMILES string of the molecule is C[C@H]1COCCN1c1nc2c(c(-c3ccc(NC(=O)NC4CC4)cc3)n1)CN(C(N)=O)C2. The third-order valence-electron chi connectivity index (χ3n) is 6.04. The summed E-state index contributed by atoms with van der Waals surface area (Å²) in [6.07, 6.45) is 2.08. The molecule has 10 nitrogen and oxygen atoms in total. The van der Waals surface area contributed by atoms with Gasteiger partial charge in [0.05, 0.1) is 43.7 Å². The first-order valence-corrected chi connectivity index (χ1v) is 10.9. The lowest BCUT2D eigenvalue weighted by Gasteiger charge is -2.33. The average molecular weight is 438 g/mol. The maximum atomic E-state index is 12.0. The molecule has 1 saturated carbocycles. The van der Waals surface area contributed by atoms with E-state index in [1.807, 2.05) is 24.3 Å². The van der Waals surface area contributed by atoms with E-state index in [4.69, 9.17) is 20.4 Å². The lowest BCUT2D eigenvalue weighted by molar-refractivity contribution is 0.0980. The van der Waals surface area contributed by atoms with E-state index in [0.29, 0.717) is 50.5 Å². The number of nitrogens with one attached hydrogen (secondary N) is 2. The number of nitrogens with two attached hydrogens (primary N) is 1. The van der Waals surface area contributed by atoms with Crippen LogP contribution in [0.1, 0.15) is 31.0 Å². The maximum absolute atomic E-state index is 12.0. The van der Waals surface area contributed by atoms with E-state index in [2.05, 4.69) is 22.5 Å². The number of urea groups is 2. The Kier molecular flexibility index (Phi) is 5.30. The van der Waals surface area contributed by atoms with Gasteiger partial charge in [0.1, 0.15) is 0 Å². The van der Waals surface area contributed by atoms with E-state index >= 15 is 0 Å². The van der Waals surface area contributed by atoms with Crippen LogP contribution in [-0.4, -0.2) is 58.8 Å². The zero-order valence-electron chi connectivity index (χ0n) is 18.0. The lowest BCUT2D eigenvalue weighted by atomic mass is 10.1. The molecule has 1 aromatic heterocycles. The van der Waals surface area contributed by atoms with Gasteiger partial charge in [-0.1, -0.05) is 12.1 Å². The van der Waals surface area contributed by atoms with E-state index in [9.17, 15) is 9.59 Å². The smallest absolute Gasteiger partial charge is 0.319 e.